The second-order valence-corrected chi connectivity index (χ2v) is 8.60. The monoisotopic (exact) mass is 360 g/mol. The van der Waals surface area contributed by atoms with E-state index < -0.39 is 0 Å². The Kier molecular flexibility index (Phi) is 6.60. The SMILES string of the molecule is CCCOc1ccc(CN(C)C2C[C@H]3CC(N(C)C)C[C@H]3C2)cc1CO. The molecule has 2 aliphatic carbocycles. The minimum absolute atomic E-state index is 0.0378. The fraction of sp³-hybridized carbons (Fsp3) is 0.727. The van der Waals surface area contributed by atoms with E-state index in [4.69, 9.17) is 4.74 Å². The van der Waals surface area contributed by atoms with Crippen LogP contribution < -0.4 is 4.74 Å². The number of benzene rings is 1. The molecule has 0 amide bonds. The molecular formula is C22H36N2O2. The Balaban J connectivity index is 1.56. The second kappa shape index (κ2) is 8.73. The highest BCUT2D eigenvalue weighted by molar-refractivity contribution is 5.37. The molecule has 146 valence electrons. The maximum atomic E-state index is 9.67. The smallest absolute Gasteiger partial charge is 0.124 e. The highest BCUT2D eigenvalue weighted by atomic mass is 16.5. The molecule has 2 aliphatic rings. The lowest BCUT2D eigenvalue weighted by atomic mass is 10.0. The van der Waals surface area contributed by atoms with Crippen LogP contribution >= 0.6 is 0 Å². The highest BCUT2D eigenvalue weighted by Gasteiger charge is 2.43. The molecule has 4 atom stereocenters. The zero-order valence-corrected chi connectivity index (χ0v) is 16.9. The van der Waals surface area contributed by atoms with Crippen LogP contribution in [0.15, 0.2) is 18.2 Å². The molecule has 0 aromatic heterocycles. The molecule has 1 aromatic carbocycles. The highest BCUT2D eigenvalue weighted by Crippen LogP contribution is 2.46. The number of hydrogen-bond donors (Lipinski definition) is 1. The van der Waals surface area contributed by atoms with Gasteiger partial charge in [-0.15, -0.1) is 0 Å². The fourth-order valence-corrected chi connectivity index (χ4v) is 4.96. The van der Waals surface area contributed by atoms with Gasteiger partial charge in [-0.05, 0) is 82.8 Å². The summed E-state index contributed by atoms with van der Waals surface area (Å²) >= 11 is 0. The third-order valence-electron chi connectivity index (χ3n) is 6.51. The zero-order valence-electron chi connectivity index (χ0n) is 16.9. The van der Waals surface area contributed by atoms with Crippen LogP contribution in [0.5, 0.6) is 5.75 Å². The minimum Gasteiger partial charge on any atom is -0.493 e. The largest absolute Gasteiger partial charge is 0.493 e. The Morgan fingerprint density at radius 1 is 1.04 bits per heavy atom. The third-order valence-corrected chi connectivity index (χ3v) is 6.51. The lowest BCUT2D eigenvalue weighted by molar-refractivity contribution is 0.211. The molecule has 26 heavy (non-hydrogen) atoms. The van der Waals surface area contributed by atoms with E-state index in [2.05, 4.69) is 50.0 Å². The number of ether oxygens (including phenoxy) is 1. The predicted octanol–water partition coefficient (Wildman–Crippen LogP) is 3.52. The Hall–Kier alpha value is -1.10. The number of aliphatic hydroxyl groups excluding tert-OH is 1. The minimum atomic E-state index is 0.0378. The van der Waals surface area contributed by atoms with Gasteiger partial charge in [-0.1, -0.05) is 13.0 Å². The summed E-state index contributed by atoms with van der Waals surface area (Å²) in [5.41, 5.74) is 2.17. The van der Waals surface area contributed by atoms with Gasteiger partial charge in [-0.3, -0.25) is 4.90 Å². The van der Waals surface area contributed by atoms with Crippen molar-refractivity contribution in [3.63, 3.8) is 0 Å². The van der Waals surface area contributed by atoms with E-state index in [0.29, 0.717) is 12.6 Å². The Morgan fingerprint density at radius 2 is 1.69 bits per heavy atom. The van der Waals surface area contributed by atoms with Crippen molar-refractivity contribution in [1.82, 2.24) is 9.80 Å². The van der Waals surface area contributed by atoms with Crippen LogP contribution in [-0.4, -0.2) is 54.7 Å². The molecule has 0 spiro atoms. The lowest BCUT2D eigenvalue weighted by Gasteiger charge is -2.27. The van der Waals surface area contributed by atoms with Crippen LogP contribution in [0.3, 0.4) is 0 Å². The molecule has 1 aromatic rings. The van der Waals surface area contributed by atoms with Crippen molar-refractivity contribution in [3.05, 3.63) is 29.3 Å². The quantitative estimate of drug-likeness (QED) is 0.769. The van der Waals surface area contributed by atoms with Crippen LogP contribution in [-0.2, 0) is 13.2 Å². The van der Waals surface area contributed by atoms with Crippen LogP contribution in [0.4, 0.5) is 0 Å². The Labute approximate surface area is 159 Å². The normalized spacial score (nSPS) is 28.1. The summed E-state index contributed by atoms with van der Waals surface area (Å²) in [5.74, 6) is 2.64. The van der Waals surface area contributed by atoms with Crippen molar-refractivity contribution in [1.29, 1.82) is 0 Å². The Morgan fingerprint density at radius 3 is 2.27 bits per heavy atom. The van der Waals surface area contributed by atoms with E-state index in [9.17, 15) is 5.11 Å². The number of hydrogen-bond acceptors (Lipinski definition) is 4. The molecule has 2 unspecified atom stereocenters. The van der Waals surface area contributed by atoms with Crippen molar-refractivity contribution in [2.24, 2.45) is 11.8 Å². The molecule has 0 heterocycles. The van der Waals surface area contributed by atoms with Gasteiger partial charge in [-0.25, -0.2) is 0 Å². The summed E-state index contributed by atoms with van der Waals surface area (Å²) in [4.78, 5) is 4.93. The maximum Gasteiger partial charge on any atom is 0.124 e. The van der Waals surface area contributed by atoms with E-state index >= 15 is 0 Å². The summed E-state index contributed by atoms with van der Waals surface area (Å²) in [5, 5.41) is 9.67. The summed E-state index contributed by atoms with van der Waals surface area (Å²) < 4.78 is 5.74. The van der Waals surface area contributed by atoms with Gasteiger partial charge >= 0.3 is 0 Å². The average Bonchev–Trinajstić information content (AvgIpc) is 3.19. The van der Waals surface area contributed by atoms with E-state index in [-0.39, 0.29) is 6.61 Å². The van der Waals surface area contributed by atoms with Gasteiger partial charge in [0.05, 0.1) is 13.2 Å². The number of rotatable bonds is 8. The van der Waals surface area contributed by atoms with Crippen molar-refractivity contribution in [2.45, 2.75) is 64.3 Å². The molecule has 0 radical (unpaired) electrons. The van der Waals surface area contributed by atoms with Crippen molar-refractivity contribution >= 4 is 0 Å². The van der Waals surface area contributed by atoms with Gasteiger partial charge in [0.25, 0.3) is 0 Å². The molecule has 4 nitrogen and oxygen atoms in total. The van der Waals surface area contributed by atoms with Gasteiger partial charge in [0, 0.05) is 24.2 Å². The molecule has 3 rings (SSSR count). The number of fused-ring (bicyclic) bond motifs is 1. The molecule has 2 fully saturated rings. The molecule has 0 saturated heterocycles. The summed E-state index contributed by atoms with van der Waals surface area (Å²) in [6.45, 7) is 3.78. The van der Waals surface area contributed by atoms with Crippen molar-refractivity contribution in [3.8, 4) is 5.75 Å². The van der Waals surface area contributed by atoms with E-state index in [1.54, 1.807) is 0 Å². The van der Waals surface area contributed by atoms with Crippen molar-refractivity contribution in [2.75, 3.05) is 27.7 Å². The molecule has 0 bridgehead atoms. The average molecular weight is 361 g/mol. The first kappa shape index (κ1) is 19.7. The summed E-state index contributed by atoms with van der Waals surface area (Å²) in [6.07, 6.45) is 6.42. The van der Waals surface area contributed by atoms with Gasteiger partial charge in [-0.2, -0.15) is 0 Å². The zero-order chi connectivity index (χ0) is 18.7. The van der Waals surface area contributed by atoms with Crippen LogP contribution in [0.25, 0.3) is 0 Å². The van der Waals surface area contributed by atoms with Crippen molar-refractivity contribution < 1.29 is 9.84 Å². The van der Waals surface area contributed by atoms with Crippen LogP contribution in [0.2, 0.25) is 0 Å². The van der Waals surface area contributed by atoms with E-state index in [1.807, 2.05) is 6.07 Å². The first-order chi connectivity index (χ1) is 12.5. The topological polar surface area (TPSA) is 35.9 Å². The summed E-state index contributed by atoms with van der Waals surface area (Å²) in [6, 6.07) is 7.77. The first-order valence-electron chi connectivity index (χ1n) is 10.2. The van der Waals surface area contributed by atoms with Gasteiger partial charge < -0.3 is 14.7 Å². The molecule has 1 N–H and O–H groups in total. The standard InChI is InChI=1S/C22H36N2O2/c1-5-8-26-22-7-6-16(9-19(22)15-25)14-24(4)21-12-17-10-20(23(2)3)11-18(17)13-21/h6-7,9,17-18,20-21,25H,5,8,10-15H2,1-4H3/t17-,18+,20?,21?. The fourth-order valence-electron chi connectivity index (χ4n) is 4.96. The Bertz CT molecular complexity index is 576. The maximum absolute atomic E-state index is 9.67. The molecular weight excluding hydrogens is 324 g/mol. The van der Waals surface area contributed by atoms with E-state index in [1.165, 1.54) is 31.2 Å². The predicted molar refractivity (Wildman–Crippen MR) is 106 cm³/mol. The molecule has 2 saturated carbocycles. The van der Waals surface area contributed by atoms with Crippen LogP contribution in [0.1, 0.15) is 50.2 Å². The second-order valence-electron chi connectivity index (χ2n) is 8.60. The number of aliphatic hydroxyl groups is 1. The van der Waals surface area contributed by atoms with Gasteiger partial charge in [0.2, 0.25) is 0 Å². The van der Waals surface area contributed by atoms with E-state index in [0.717, 1.165) is 42.2 Å². The first-order valence-corrected chi connectivity index (χ1v) is 10.2. The van der Waals surface area contributed by atoms with Gasteiger partial charge in [0.15, 0.2) is 0 Å². The van der Waals surface area contributed by atoms with Gasteiger partial charge in [0.1, 0.15) is 5.75 Å². The lowest BCUT2D eigenvalue weighted by Crippen LogP contribution is -2.31. The number of nitrogens with zero attached hydrogens (tertiary/aromatic N) is 2. The molecule has 0 aliphatic heterocycles. The van der Waals surface area contributed by atoms with Crippen LogP contribution in [0, 0.1) is 11.8 Å². The third kappa shape index (κ3) is 4.41. The summed E-state index contributed by atoms with van der Waals surface area (Å²) in [7, 11) is 6.71. The molecule has 4 heteroatoms.